The van der Waals surface area contributed by atoms with Crippen LogP contribution in [0.3, 0.4) is 0 Å². The van der Waals surface area contributed by atoms with Gasteiger partial charge in [-0.25, -0.2) is 9.78 Å². The number of hydrogen-bond donors (Lipinski definition) is 3. The van der Waals surface area contributed by atoms with Crippen LogP contribution in [0, 0.1) is 0 Å². The Hall–Kier alpha value is -2.64. The predicted molar refractivity (Wildman–Crippen MR) is 120 cm³/mol. The van der Waals surface area contributed by atoms with Gasteiger partial charge < -0.3 is 25.5 Å². The smallest absolute Gasteiger partial charge is 0.352 e. The van der Waals surface area contributed by atoms with Gasteiger partial charge in [0.05, 0.1) is 20.1 Å². The number of thioether (sulfide) groups is 1. The molecule has 0 radical (unpaired) electrons. The van der Waals surface area contributed by atoms with Crippen molar-refractivity contribution in [1.82, 2.24) is 15.2 Å². The number of carbonyl (C=O) groups excluding carboxylic acids is 2. The number of amides is 2. The molecule has 2 atom stereocenters. The molecule has 3 aliphatic heterocycles. The number of likely N-dealkylation sites (tertiary alicyclic amines) is 1. The third-order valence-corrected chi connectivity index (χ3v) is 7.93. The van der Waals surface area contributed by atoms with Crippen LogP contribution in [0.4, 0.5) is 5.13 Å². The van der Waals surface area contributed by atoms with E-state index in [1.807, 2.05) is 0 Å². The van der Waals surface area contributed by atoms with Crippen LogP contribution >= 0.6 is 23.1 Å². The lowest BCUT2D eigenvalue weighted by Gasteiger charge is -2.49. The van der Waals surface area contributed by atoms with E-state index < -0.39 is 29.2 Å². The summed E-state index contributed by atoms with van der Waals surface area (Å²) < 4.78 is 0.785. The van der Waals surface area contributed by atoms with Gasteiger partial charge in [0.1, 0.15) is 36.5 Å². The molecule has 0 spiro atoms. The van der Waals surface area contributed by atoms with E-state index in [9.17, 15) is 19.5 Å². The van der Waals surface area contributed by atoms with Crippen LogP contribution < -0.4 is 11.1 Å². The first kappa shape index (κ1) is 22.6. The molecule has 0 bridgehead atoms. The zero-order valence-corrected chi connectivity index (χ0v) is 19.4. The number of oxime groups is 1. The number of aliphatic carboxylic acids is 1. The molecule has 3 aliphatic rings. The number of β-lactam (4-membered cyclic amide) rings is 1. The van der Waals surface area contributed by atoms with Crippen molar-refractivity contribution in [3.8, 4) is 0 Å². The fourth-order valence-electron chi connectivity index (χ4n) is 4.42. The van der Waals surface area contributed by atoms with E-state index in [1.54, 1.807) is 5.38 Å². The molecule has 13 heteroatoms. The highest BCUT2D eigenvalue weighted by Gasteiger charge is 2.55. The van der Waals surface area contributed by atoms with Crippen molar-refractivity contribution in [1.29, 1.82) is 0 Å². The summed E-state index contributed by atoms with van der Waals surface area (Å²) in [5.74, 6) is -1.71. The number of carboxylic acid groups (broad SMARTS) is 1. The standard InChI is InChI=1S/C19H24N6O5S2/c1-25(5-3-4-6-25)7-10-8-31-17-13(16(27)24(17)14(10)18(28)29)22-15(26)12(23-30-2)11-9-32-19(20)21-11/h9,13,17H,3-8H2,1-2H3,(H3-,20,21,22,26,28,29)/p+1/b23-12-. The van der Waals surface area contributed by atoms with Crippen LogP contribution in [0.1, 0.15) is 18.5 Å². The Balaban J connectivity index is 1.52. The number of likely N-dealkylation sites (N-methyl/N-ethyl adjacent to an activating group) is 1. The van der Waals surface area contributed by atoms with Crippen molar-refractivity contribution < 1.29 is 28.8 Å². The molecule has 4 heterocycles. The number of hydrogen-bond acceptors (Lipinski definition) is 9. The maximum absolute atomic E-state index is 12.9. The van der Waals surface area contributed by atoms with E-state index in [0.29, 0.717) is 12.3 Å². The molecule has 0 saturated carbocycles. The fraction of sp³-hybridized carbons (Fsp3) is 0.526. The van der Waals surface area contributed by atoms with E-state index in [2.05, 4.69) is 22.5 Å². The fourth-order valence-corrected chi connectivity index (χ4v) is 6.31. The second kappa shape index (κ2) is 8.71. The molecule has 2 unspecified atom stereocenters. The first-order chi connectivity index (χ1) is 15.2. The number of rotatable bonds is 7. The maximum atomic E-state index is 12.9. The van der Waals surface area contributed by atoms with E-state index >= 15 is 0 Å². The van der Waals surface area contributed by atoms with Gasteiger partial charge in [0.15, 0.2) is 10.8 Å². The van der Waals surface area contributed by atoms with Crippen molar-refractivity contribution in [2.45, 2.75) is 24.3 Å². The van der Waals surface area contributed by atoms with Gasteiger partial charge in [0, 0.05) is 29.5 Å². The molecular formula is C19H25N6O5S2+. The summed E-state index contributed by atoms with van der Waals surface area (Å²) in [6.07, 6.45) is 2.24. The largest absolute Gasteiger partial charge is 0.477 e. The average molecular weight is 482 g/mol. The van der Waals surface area contributed by atoms with E-state index in [1.165, 1.54) is 23.8 Å². The predicted octanol–water partition coefficient (Wildman–Crippen LogP) is 0.0548. The summed E-state index contributed by atoms with van der Waals surface area (Å²) in [5, 5.41) is 17.6. The lowest BCUT2D eigenvalue weighted by atomic mass is 10.0. The molecular weight excluding hydrogens is 456 g/mol. The van der Waals surface area contributed by atoms with Crippen LogP contribution in [-0.4, -0.2) is 93.9 Å². The molecule has 11 nitrogen and oxygen atoms in total. The van der Waals surface area contributed by atoms with Crippen LogP contribution in [0.15, 0.2) is 21.8 Å². The third-order valence-electron chi connectivity index (χ3n) is 5.92. The first-order valence-electron chi connectivity index (χ1n) is 10.1. The normalized spacial score (nSPS) is 24.8. The number of nitrogens with two attached hydrogens (primary N) is 1. The van der Waals surface area contributed by atoms with E-state index in [-0.39, 0.29) is 22.2 Å². The number of aromatic nitrogens is 1. The van der Waals surface area contributed by atoms with Crippen LogP contribution in [0.25, 0.3) is 0 Å². The topological polar surface area (TPSA) is 147 Å². The number of anilines is 1. The van der Waals surface area contributed by atoms with Crippen LogP contribution in [0.5, 0.6) is 0 Å². The van der Waals surface area contributed by atoms with Crippen molar-refractivity contribution in [3.63, 3.8) is 0 Å². The van der Waals surface area contributed by atoms with Gasteiger partial charge in [-0.1, -0.05) is 5.16 Å². The Kier molecular flexibility index (Phi) is 6.14. The molecule has 4 rings (SSSR count). The Morgan fingerprint density at radius 3 is 2.75 bits per heavy atom. The van der Waals surface area contributed by atoms with Gasteiger partial charge in [-0.2, -0.15) is 0 Å². The first-order valence-corrected chi connectivity index (χ1v) is 12.0. The molecule has 32 heavy (non-hydrogen) atoms. The minimum absolute atomic E-state index is 0.0496. The van der Waals surface area contributed by atoms with Crippen molar-refractivity contribution >= 4 is 51.7 Å². The minimum Gasteiger partial charge on any atom is -0.477 e. The molecule has 1 aromatic heterocycles. The van der Waals surface area contributed by atoms with Gasteiger partial charge in [0.2, 0.25) is 0 Å². The van der Waals surface area contributed by atoms with Crippen molar-refractivity contribution in [2.24, 2.45) is 5.16 Å². The summed E-state index contributed by atoms with van der Waals surface area (Å²) in [6.45, 7) is 2.61. The second-order valence-electron chi connectivity index (χ2n) is 8.24. The van der Waals surface area contributed by atoms with Gasteiger partial charge in [-0.15, -0.1) is 23.1 Å². The Morgan fingerprint density at radius 1 is 1.44 bits per heavy atom. The monoisotopic (exact) mass is 481 g/mol. The number of nitrogen functional groups attached to an aromatic ring is 1. The Morgan fingerprint density at radius 2 is 2.16 bits per heavy atom. The van der Waals surface area contributed by atoms with Crippen LogP contribution in [0.2, 0.25) is 0 Å². The number of thiazole rings is 1. The Bertz CT molecular complexity index is 1020. The van der Waals surface area contributed by atoms with Crippen molar-refractivity contribution in [2.75, 3.05) is 45.3 Å². The molecule has 172 valence electrons. The van der Waals surface area contributed by atoms with Crippen molar-refractivity contribution in [3.05, 3.63) is 22.3 Å². The molecule has 2 fully saturated rings. The number of carboxylic acids is 1. The third kappa shape index (κ3) is 4.07. The van der Waals surface area contributed by atoms with E-state index in [0.717, 1.165) is 47.3 Å². The maximum Gasteiger partial charge on any atom is 0.352 e. The zero-order valence-electron chi connectivity index (χ0n) is 17.7. The number of fused-ring (bicyclic) bond motifs is 1. The molecule has 0 aliphatic carbocycles. The highest BCUT2D eigenvalue weighted by molar-refractivity contribution is 8.00. The molecule has 2 amide bonds. The van der Waals surface area contributed by atoms with Gasteiger partial charge in [-0.05, 0) is 0 Å². The van der Waals surface area contributed by atoms with Gasteiger partial charge in [-0.3, -0.25) is 14.5 Å². The number of carbonyl (C=O) groups is 3. The summed E-state index contributed by atoms with van der Waals surface area (Å²) in [6, 6.07) is -0.863. The molecule has 1 aromatic rings. The summed E-state index contributed by atoms with van der Waals surface area (Å²) in [7, 11) is 3.42. The SMILES string of the molecule is CO/N=C(\C(=O)NC1C(=O)N2C(C(=O)O)=C(C[N+]3(C)CCCC3)CSC12)c1csc(N)n1. The summed E-state index contributed by atoms with van der Waals surface area (Å²) >= 11 is 2.61. The number of quaternary nitrogens is 1. The zero-order chi connectivity index (χ0) is 23.0. The summed E-state index contributed by atoms with van der Waals surface area (Å²) in [5.41, 5.74) is 6.59. The highest BCUT2D eigenvalue weighted by Crippen LogP contribution is 2.41. The summed E-state index contributed by atoms with van der Waals surface area (Å²) in [4.78, 5) is 47.9. The minimum atomic E-state index is -1.12. The molecule has 0 aromatic carbocycles. The Labute approximate surface area is 192 Å². The molecule has 2 saturated heterocycles. The average Bonchev–Trinajstić information content (AvgIpc) is 3.37. The number of nitrogens with one attached hydrogen (secondary N) is 1. The van der Waals surface area contributed by atoms with E-state index in [4.69, 9.17) is 10.6 Å². The van der Waals surface area contributed by atoms with Crippen LogP contribution in [-0.2, 0) is 19.2 Å². The number of nitrogens with zero attached hydrogens (tertiary/aromatic N) is 4. The van der Waals surface area contributed by atoms with Gasteiger partial charge in [0.25, 0.3) is 11.8 Å². The molecule has 4 N–H and O–H groups in total. The quantitative estimate of drug-likeness (QED) is 0.214. The van der Waals surface area contributed by atoms with Gasteiger partial charge >= 0.3 is 5.97 Å². The lowest BCUT2D eigenvalue weighted by molar-refractivity contribution is -0.893. The highest BCUT2D eigenvalue weighted by atomic mass is 32.2. The lowest BCUT2D eigenvalue weighted by Crippen LogP contribution is -2.71. The second-order valence-corrected chi connectivity index (χ2v) is 10.2.